The summed E-state index contributed by atoms with van der Waals surface area (Å²) < 4.78 is 0. The van der Waals surface area contributed by atoms with E-state index >= 15 is 0 Å². The Kier molecular flexibility index (Phi) is 2.49. The molecule has 0 spiro atoms. The molecule has 0 N–H and O–H groups in total. The number of pyridine rings is 1. The number of Topliss-reactive ketones (excluding diaryl/α,β-unsaturated/α-hetero) is 1. The van der Waals surface area contributed by atoms with E-state index in [0.29, 0.717) is 5.69 Å². The average molecular weight is 148 g/mol. The molecule has 0 aromatic carbocycles. The summed E-state index contributed by atoms with van der Waals surface area (Å²) >= 11 is 0. The molecule has 0 amide bonds. The van der Waals surface area contributed by atoms with Crippen molar-refractivity contribution in [2.45, 2.75) is 6.42 Å². The molecule has 0 aliphatic heterocycles. The molecule has 0 atom stereocenters. The van der Waals surface area contributed by atoms with Crippen molar-refractivity contribution in [2.75, 3.05) is 0 Å². The Morgan fingerprint density at radius 3 is 2.91 bits per heavy atom. The Bertz CT molecular complexity index is 256. The van der Waals surface area contributed by atoms with Crippen molar-refractivity contribution in [3.8, 4) is 0 Å². The van der Waals surface area contributed by atoms with Crippen LogP contribution in [-0.2, 0) is 4.79 Å². The third kappa shape index (κ3) is 1.97. The molecule has 1 rings (SSSR count). The summed E-state index contributed by atoms with van der Waals surface area (Å²) in [6.07, 6.45) is 2.83. The fraction of sp³-hybridized carbons (Fsp3) is 0.125. The van der Waals surface area contributed by atoms with Crippen molar-refractivity contribution in [3.05, 3.63) is 30.1 Å². The molecule has 3 heteroatoms. The Morgan fingerprint density at radius 1 is 1.55 bits per heavy atom. The predicted molar refractivity (Wildman–Crippen MR) is 38.9 cm³/mol. The molecule has 1 heterocycles. The summed E-state index contributed by atoms with van der Waals surface area (Å²) in [5.41, 5.74) is 0.316. The maximum Gasteiger partial charge on any atom is 0.206 e. The van der Waals surface area contributed by atoms with Crippen molar-refractivity contribution >= 4 is 12.1 Å². The number of hydrogen-bond donors (Lipinski definition) is 0. The van der Waals surface area contributed by atoms with Gasteiger partial charge in [-0.25, -0.2) is 0 Å². The number of ketones is 1. The number of hydrogen-bond acceptors (Lipinski definition) is 3. The summed E-state index contributed by atoms with van der Waals surface area (Å²) in [7, 11) is 0. The van der Waals surface area contributed by atoms with Crippen LogP contribution in [0.4, 0.5) is 0 Å². The molecule has 0 saturated carbocycles. The van der Waals surface area contributed by atoms with E-state index in [0.717, 1.165) is 0 Å². The summed E-state index contributed by atoms with van der Waals surface area (Å²) in [6.45, 7) is 0. The summed E-state index contributed by atoms with van der Waals surface area (Å²) in [5, 5.41) is 0. The van der Waals surface area contributed by atoms with Crippen molar-refractivity contribution in [3.63, 3.8) is 0 Å². The lowest BCUT2D eigenvalue weighted by molar-refractivity contribution is 0.0995. The Morgan fingerprint density at radius 2 is 2.36 bits per heavy atom. The van der Waals surface area contributed by atoms with E-state index in [9.17, 15) is 9.59 Å². The van der Waals surface area contributed by atoms with Gasteiger partial charge < -0.3 is 0 Å². The lowest BCUT2D eigenvalue weighted by Crippen LogP contribution is -2.01. The second kappa shape index (κ2) is 3.61. The topological polar surface area (TPSA) is 47.0 Å². The maximum absolute atomic E-state index is 10.9. The molecule has 11 heavy (non-hydrogen) atoms. The standard InChI is InChI=1S/C8H6NO2/c10-6-4-8(11)7-3-1-2-5-9-7/h1-3,5H,4H2. The Hall–Kier alpha value is -1.51. The van der Waals surface area contributed by atoms with E-state index in [-0.39, 0.29) is 12.2 Å². The smallest absolute Gasteiger partial charge is 0.206 e. The van der Waals surface area contributed by atoms with Crippen molar-refractivity contribution in [2.24, 2.45) is 0 Å². The van der Waals surface area contributed by atoms with Crippen LogP contribution in [0.1, 0.15) is 16.9 Å². The second-order valence-corrected chi connectivity index (χ2v) is 1.96. The van der Waals surface area contributed by atoms with Crippen LogP contribution >= 0.6 is 0 Å². The Balaban J connectivity index is 2.77. The highest BCUT2D eigenvalue weighted by Gasteiger charge is 2.04. The largest absolute Gasteiger partial charge is 0.292 e. The van der Waals surface area contributed by atoms with E-state index < -0.39 is 0 Å². The first-order valence-electron chi connectivity index (χ1n) is 3.14. The van der Waals surface area contributed by atoms with Gasteiger partial charge in [-0.3, -0.25) is 14.6 Å². The number of carbonyl (C=O) groups is 1. The van der Waals surface area contributed by atoms with Gasteiger partial charge in [0.05, 0.1) is 6.42 Å². The SMILES string of the molecule is O=[C]CC(=O)c1ccccn1. The molecule has 3 nitrogen and oxygen atoms in total. The molecule has 0 fully saturated rings. The molecule has 0 unspecified atom stereocenters. The van der Waals surface area contributed by atoms with Crippen LogP contribution in [0.2, 0.25) is 0 Å². The molecule has 0 bridgehead atoms. The highest BCUT2D eigenvalue weighted by Crippen LogP contribution is 1.96. The minimum absolute atomic E-state index is 0.211. The van der Waals surface area contributed by atoms with Crippen LogP contribution in [-0.4, -0.2) is 17.1 Å². The van der Waals surface area contributed by atoms with Crippen LogP contribution in [0.3, 0.4) is 0 Å². The van der Waals surface area contributed by atoms with Gasteiger partial charge in [-0.2, -0.15) is 0 Å². The van der Waals surface area contributed by atoms with Crippen molar-refractivity contribution < 1.29 is 9.59 Å². The lowest BCUT2D eigenvalue weighted by Gasteiger charge is -1.91. The fourth-order valence-corrected chi connectivity index (χ4v) is 0.684. The van der Waals surface area contributed by atoms with E-state index in [1.807, 2.05) is 0 Å². The third-order valence-electron chi connectivity index (χ3n) is 1.18. The zero-order valence-electron chi connectivity index (χ0n) is 5.78. The molecule has 55 valence electrons. The minimum atomic E-state index is -0.291. The maximum atomic E-state index is 10.9. The minimum Gasteiger partial charge on any atom is -0.292 e. The quantitative estimate of drug-likeness (QED) is 0.469. The van der Waals surface area contributed by atoms with E-state index in [1.54, 1.807) is 18.2 Å². The molecular weight excluding hydrogens is 142 g/mol. The van der Waals surface area contributed by atoms with Crippen LogP contribution in [0, 0.1) is 0 Å². The van der Waals surface area contributed by atoms with Gasteiger partial charge in [0, 0.05) is 6.20 Å². The first kappa shape index (κ1) is 7.60. The molecule has 0 aliphatic carbocycles. The van der Waals surface area contributed by atoms with Gasteiger partial charge in [0.15, 0.2) is 5.78 Å². The number of rotatable bonds is 3. The van der Waals surface area contributed by atoms with Gasteiger partial charge >= 0.3 is 0 Å². The Labute approximate surface area is 64.1 Å². The van der Waals surface area contributed by atoms with Gasteiger partial charge in [0.25, 0.3) is 0 Å². The third-order valence-corrected chi connectivity index (χ3v) is 1.18. The molecule has 0 saturated heterocycles. The van der Waals surface area contributed by atoms with Crippen molar-refractivity contribution in [1.29, 1.82) is 0 Å². The number of carbonyl (C=O) groups excluding carboxylic acids is 2. The van der Waals surface area contributed by atoms with Crippen LogP contribution in [0.15, 0.2) is 24.4 Å². The predicted octanol–water partition coefficient (Wildman–Crippen LogP) is 0.764. The van der Waals surface area contributed by atoms with Gasteiger partial charge in [-0.1, -0.05) is 6.07 Å². The van der Waals surface area contributed by atoms with E-state index in [4.69, 9.17) is 0 Å². The first-order chi connectivity index (χ1) is 5.34. The normalized spacial score (nSPS) is 9.09. The van der Waals surface area contributed by atoms with Crippen LogP contribution < -0.4 is 0 Å². The lowest BCUT2D eigenvalue weighted by atomic mass is 10.2. The number of nitrogens with zero attached hydrogens (tertiary/aromatic N) is 1. The van der Waals surface area contributed by atoms with Gasteiger partial charge in [-0.15, -0.1) is 0 Å². The van der Waals surface area contributed by atoms with Crippen molar-refractivity contribution in [1.82, 2.24) is 4.98 Å². The van der Waals surface area contributed by atoms with Gasteiger partial charge in [0.1, 0.15) is 5.69 Å². The second-order valence-electron chi connectivity index (χ2n) is 1.96. The van der Waals surface area contributed by atoms with Crippen LogP contribution in [0.5, 0.6) is 0 Å². The van der Waals surface area contributed by atoms with Gasteiger partial charge in [0.2, 0.25) is 6.29 Å². The highest BCUT2D eigenvalue weighted by molar-refractivity contribution is 6.01. The zero-order chi connectivity index (χ0) is 8.10. The average Bonchev–Trinajstić information content (AvgIpc) is 2.07. The first-order valence-corrected chi connectivity index (χ1v) is 3.14. The summed E-state index contributed by atoms with van der Waals surface area (Å²) in [6, 6.07) is 4.98. The van der Waals surface area contributed by atoms with E-state index in [1.165, 1.54) is 12.5 Å². The molecular formula is C8H6NO2. The van der Waals surface area contributed by atoms with Gasteiger partial charge in [-0.05, 0) is 12.1 Å². The molecule has 0 aliphatic rings. The van der Waals surface area contributed by atoms with E-state index in [2.05, 4.69) is 4.98 Å². The summed E-state index contributed by atoms with van der Waals surface area (Å²) in [4.78, 5) is 24.5. The fourth-order valence-electron chi connectivity index (χ4n) is 0.684. The van der Waals surface area contributed by atoms with Crippen LogP contribution in [0.25, 0.3) is 0 Å². The summed E-state index contributed by atoms with van der Waals surface area (Å²) in [5.74, 6) is -0.291. The highest BCUT2D eigenvalue weighted by atomic mass is 16.1. The zero-order valence-corrected chi connectivity index (χ0v) is 5.78. The molecule has 1 aromatic rings. The monoisotopic (exact) mass is 148 g/mol. The molecule has 1 radical (unpaired) electrons. The molecule has 1 aromatic heterocycles. The number of aromatic nitrogens is 1.